The molecular formula is C32H32O8. The number of carbonyl (C=O) groups excluding carboxylic acids is 1. The van der Waals surface area contributed by atoms with Gasteiger partial charge < -0.3 is 28.1 Å². The van der Waals surface area contributed by atoms with E-state index >= 15 is 0 Å². The van der Waals surface area contributed by atoms with Crippen LogP contribution in [0.2, 0.25) is 0 Å². The number of rotatable bonds is 11. The zero-order chi connectivity index (χ0) is 28.8. The van der Waals surface area contributed by atoms with E-state index in [0.717, 1.165) is 11.1 Å². The number of hydrogen-bond donors (Lipinski definition) is 0. The van der Waals surface area contributed by atoms with Crippen LogP contribution in [-0.4, -0.2) is 41.0 Å². The normalized spacial score (nSPS) is 11.5. The highest BCUT2D eigenvalue weighted by Crippen LogP contribution is 2.42. The first-order chi connectivity index (χ1) is 19.3. The van der Waals surface area contributed by atoms with Gasteiger partial charge in [-0.15, -0.1) is 0 Å². The van der Waals surface area contributed by atoms with Crippen molar-refractivity contribution in [3.8, 4) is 34.1 Å². The zero-order valence-electron chi connectivity index (χ0n) is 23.2. The molecule has 0 radical (unpaired) electrons. The van der Waals surface area contributed by atoms with Crippen LogP contribution in [0.4, 0.5) is 0 Å². The zero-order valence-corrected chi connectivity index (χ0v) is 23.2. The first-order valence-electron chi connectivity index (χ1n) is 12.6. The van der Waals surface area contributed by atoms with Gasteiger partial charge in [0.25, 0.3) is 0 Å². The molecular weight excluding hydrogens is 512 g/mol. The third-order valence-electron chi connectivity index (χ3n) is 6.57. The summed E-state index contributed by atoms with van der Waals surface area (Å²) in [6, 6.07) is 15.9. The van der Waals surface area contributed by atoms with Crippen molar-refractivity contribution in [3.63, 3.8) is 0 Å². The Balaban J connectivity index is 1.90. The van der Waals surface area contributed by atoms with Crippen LogP contribution in [0.3, 0.4) is 0 Å². The molecule has 8 nitrogen and oxygen atoms in total. The van der Waals surface area contributed by atoms with Crippen LogP contribution in [0, 0.1) is 0 Å². The molecule has 3 aromatic carbocycles. The van der Waals surface area contributed by atoms with Crippen molar-refractivity contribution in [2.75, 3.05) is 35.0 Å². The summed E-state index contributed by atoms with van der Waals surface area (Å²) >= 11 is 0. The molecule has 1 aromatic heterocycles. The third-order valence-corrected chi connectivity index (χ3v) is 6.57. The van der Waals surface area contributed by atoms with Crippen LogP contribution in [0.1, 0.15) is 30.4 Å². The predicted molar refractivity (Wildman–Crippen MR) is 153 cm³/mol. The molecule has 4 aromatic rings. The van der Waals surface area contributed by atoms with Gasteiger partial charge in [0.05, 0.1) is 45.8 Å². The fourth-order valence-corrected chi connectivity index (χ4v) is 4.54. The van der Waals surface area contributed by atoms with E-state index in [4.69, 9.17) is 28.1 Å². The van der Waals surface area contributed by atoms with Gasteiger partial charge in [-0.2, -0.15) is 0 Å². The van der Waals surface area contributed by atoms with Crippen molar-refractivity contribution < 1.29 is 32.9 Å². The summed E-state index contributed by atoms with van der Waals surface area (Å²) in [5.74, 6) is 1.12. The number of carbonyl (C=O) groups is 1. The van der Waals surface area contributed by atoms with Gasteiger partial charge in [0.1, 0.15) is 30.0 Å². The topological polar surface area (TPSA) is 93.4 Å². The third kappa shape index (κ3) is 5.81. The Bertz CT molecular complexity index is 1580. The Morgan fingerprint density at radius 3 is 2.23 bits per heavy atom. The summed E-state index contributed by atoms with van der Waals surface area (Å²) in [5, 5.41) is 0.354. The fraction of sp³-hybridized carbons (Fsp3) is 0.250. The predicted octanol–water partition coefficient (Wildman–Crippen LogP) is 6.14. The Morgan fingerprint density at radius 1 is 0.900 bits per heavy atom. The molecule has 0 amide bonds. The Morgan fingerprint density at radius 2 is 1.60 bits per heavy atom. The largest absolute Gasteiger partial charge is 0.497 e. The quantitative estimate of drug-likeness (QED) is 0.164. The molecule has 8 heteroatoms. The van der Waals surface area contributed by atoms with Gasteiger partial charge in [-0.25, -0.2) is 0 Å². The number of fused-ring (bicyclic) bond motifs is 1. The minimum Gasteiger partial charge on any atom is -0.497 e. The highest BCUT2D eigenvalue weighted by Gasteiger charge is 2.28. The number of hydrogen-bond acceptors (Lipinski definition) is 8. The van der Waals surface area contributed by atoms with Gasteiger partial charge in [-0.3, -0.25) is 9.59 Å². The maximum atomic E-state index is 13.7. The van der Waals surface area contributed by atoms with E-state index in [9.17, 15) is 9.59 Å². The van der Waals surface area contributed by atoms with E-state index in [0.29, 0.717) is 57.3 Å². The minimum absolute atomic E-state index is 0.0367. The van der Waals surface area contributed by atoms with Crippen molar-refractivity contribution in [1.29, 1.82) is 0 Å². The summed E-state index contributed by atoms with van der Waals surface area (Å²) < 4.78 is 33.5. The van der Waals surface area contributed by atoms with Crippen molar-refractivity contribution in [2.45, 2.75) is 19.3 Å². The second kappa shape index (κ2) is 12.4. The molecule has 4 rings (SSSR count). The fourth-order valence-electron chi connectivity index (χ4n) is 4.54. The molecule has 40 heavy (non-hydrogen) atoms. The summed E-state index contributed by atoms with van der Waals surface area (Å²) in [4.78, 5) is 26.3. The molecule has 0 aliphatic rings. The first-order valence-corrected chi connectivity index (χ1v) is 12.6. The number of benzene rings is 3. The van der Waals surface area contributed by atoms with E-state index in [1.54, 1.807) is 62.8 Å². The van der Waals surface area contributed by atoms with Crippen molar-refractivity contribution >= 4 is 16.9 Å². The van der Waals surface area contributed by atoms with Gasteiger partial charge >= 0.3 is 5.97 Å². The number of ether oxygens (including phenoxy) is 5. The van der Waals surface area contributed by atoms with Crippen molar-refractivity contribution in [2.24, 2.45) is 0 Å². The molecule has 0 unspecified atom stereocenters. The van der Waals surface area contributed by atoms with Crippen LogP contribution < -0.4 is 24.4 Å². The van der Waals surface area contributed by atoms with E-state index in [1.165, 1.54) is 20.5 Å². The summed E-state index contributed by atoms with van der Waals surface area (Å²) in [6.45, 7) is 6.07. The average molecular weight is 545 g/mol. The SMILES string of the molecule is C=C(C)COc1ccc([C@H](CC(=O)OC)c2c(OC)ccc3c(=O)c(-c4ccc(OC)cc4)coc23)cc1OC. The first kappa shape index (κ1) is 28.3. The molecule has 0 fully saturated rings. The smallest absolute Gasteiger partial charge is 0.306 e. The molecule has 0 spiro atoms. The maximum Gasteiger partial charge on any atom is 0.306 e. The van der Waals surface area contributed by atoms with E-state index in [2.05, 4.69) is 6.58 Å². The monoisotopic (exact) mass is 544 g/mol. The number of esters is 1. The van der Waals surface area contributed by atoms with Gasteiger partial charge in [-0.05, 0) is 60.0 Å². The van der Waals surface area contributed by atoms with Gasteiger partial charge in [0.2, 0.25) is 5.43 Å². The molecule has 0 saturated carbocycles. The van der Waals surface area contributed by atoms with Crippen LogP contribution in [0.25, 0.3) is 22.1 Å². The molecule has 208 valence electrons. The maximum absolute atomic E-state index is 13.7. The average Bonchev–Trinajstić information content (AvgIpc) is 2.98. The lowest BCUT2D eigenvalue weighted by Gasteiger charge is -2.22. The second-order valence-corrected chi connectivity index (χ2v) is 9.25. The Hall–Kier alpha value is -4.72. The van der Waals surface area contributed by atoms with Crippen molar-refractivity contribution in [1.82, 2.24) is 0 Å². The lowest BCUT2D eigenvalue weighted by molar-refractivity contribution is -0.140. The lowest BCUT2D eigenvalue weighted by atomic mass is 9.86. The number of methoxy groups -OCH3 is 4. The van der Waals surface area contributed by atoms with Crippen molar-refractivity contribution in [3.05, 3.63) is 94.4 Å². The van der Waals surface area contributed by atoms with Crippen LogP contribution in [0.5, 0.6) is 23.0 Å². The molecule has 0 N–H and O–H groups in total. The van der Waals surface area contributed by atoms with Crippen LogP contribution in [-0.2, 0) is 9.53 Å². The Kier molecular flexibility index (Phi) is 8.79. The second-order valence-electron chi connectivity index (χ2n) is 9.25. The van der Waals surface area contributed by atoms with Gasteiger partial charge in [0, 0.05) is 11.5 Å². The Labute approximate surface area is 232 Å². The minimum atomic E-state index is -0.592. The highest BCUT2D eigenvalue weighted by atomic mass is 16.5. The summed E-state index contributed by atoms with van der Waals surface area (Å²) in [6.07, 6.45) is 1.39. The summed E-state index contributed by atoms with van der Waals surface area (Å²) in [7, 11) is 5.98. The van der Waals surface area contributed by atoms with E-state index in [-0.39, 0.29) is 11.8 Å². The van der Waals surface area contributed by atoms with E-state index < -0.39 is 11.9 Å². The molecule has 1 atom stereocenters. The molecule has 0 saturated heterocycles. The van der Waals surface area contributed by atoms with Crippen LogP contribution in [0.15, 0.2) is 82.2 Å². The summed E-state index contributed by atoms with van der Waals surface area (Å²) in [5.41, 5.74) is 3.31. The van der Waals surface area contributed by atoms with Gasteiger partial charge in [-0.1, -0.05) is 24.8 Å². The van der Waals surface area contributed by atoms with Crippen LogP contribution >= 0.6 is 0 Å². The molecule has 0 aliphatic carbocycles. The van der Waals surface area contributed by atoms with E-state index in [1.807, 2.05) is 13.0 Å². The van der Waals surface area contributed by atoms with Gasteiger partial charge in [0.15, 0.2) is 11.5 Å². The molecule has 0 bridgehead atoms. The lowest BCUT2D eigenvalue weighted by Crippen LogP contribution is -2.14. The molecule has 1 heterocycles. The molecule has 0 aliphatic heterocycles. The standard InChI is InChI=1S/C32H32O8/c1-19(2)17-39-26-13-9-21(15-28(26)37-5)24(16-29(33)38-6)30-27(36-4)14-12-23-31(34)25(18-40-32(23)30)20-7-10-22(35-3)11-8-20/h7-15,18,24H,1,16-17H2,2-6H3/t24-/m0/s1. The highest BCUT2D eigenvalue weighted by molar-refractivity contribution is 5.87.